The number of carboxylic acids is 1. The maximum atomic E-state index is 10.6. The first-order valence-corrected chi connectivity index (χ1v) is 8.57. The van der Waals surface area contributed by atoms with Crippen molar-refractivity contribution in [3.8, 4) is 0 Å². The van der Waals surface area contributed by atoms with E-state index in [4.69, 9.17) is 9.63 Å². The SMILES string of the molecule is O=C(O)CCCc1nc(CN2C[C@@H]3CC[C@H]2c2ccccc23)no1. The number of aryl methyl sites for hydroxylation is 1. The van der Waals surface area contributed by atoms with Crippen molar-refractivity contribution < 1.29 is 14.4 Å². The van der Waals surface area contributed by atoms with Crippen LogP contribution in [0.3, 0.4) is 0 Å². The Morgan fingerprint density at radius 1 is 1.29 bits per heavy atom. The van der Waals surface area contributed by atoms with Crippen molar-refractivity contribution in [1.82, 2.24) is 15.0 Å². The molecular weight excluding hydrogens is 306 g/mol. The van der Waals surface area contributed by atoms with E-state index in [0.717, 1.165) is 6.54 Å². The maximum Gasteiger partial charge on any atom is 0.303 e. The third kappa shape index (κ3) is 2.94. The van der Waals surface area contributed by atoms with Gasteiger partial charge in [-0.05, 0) is 36.3 Å². The van der Waals surface area contributed by atoms with Gasteiger partial charge in [-0.1, -0.05) is 29.4 Å². The number of aliphatic carboxylic acids is 1. The molecule has 2 atom stereocenters. The zero-order valence-electron chi connectivity index (χ0n) is 13.5. The fourth-order valence-electron chi connectivity index (χ4n) is 4.04. The van der Waals surface area contributed by atoms with Crippen LogP contribution in [0, 0.1) is 0 Å². The van der Waals surface area contributed by atoms with Crippen LogP contribution in [-0.4, -0.2) is 32.7 Å². The smallest absolute Gasteiger partial charge is 0.303 e. The molecule has 0 unspecified atom stereocenters. The summed E-state index contributed by atoms with van der Waals surface area (Å²) in [6.45, 7) is 1.74. The van der Waals surface area contributed by atoms with Gasteiger partial charge in [-0.3, -0.25) is 9.69 Å². The van der Waals surface area contributed by atoms with Crippen LogP contribution >= 0.6 is 0 Å². The zero-order valence-corrected chi connectivity index (χ0v) is 13.5. The van der Waals surface area contributed by atoms with Gasteiger partial charge in [0.1, 0.15) is 0 Å². The maximum absolute atomic E-state index is 10.6. The van der Waals surface area contributed by atoms with Crippen LogP contribution < -0.4 is 0 Å². The Bertz CT molecular complexity index is 743. The van der Waals surface area contributed by atoms with Crippen molar-refractivity contribution in [2.45, 2.75) is 50.6 Å². The van der Waals surface area contributed by atoms with E-state index in [1.165, 1.54) is 24.0 Å². The molecule has 1 aromatic heterocycles. The lowest BCUT2D eigenvalue weighted by molar-refractivity contribution is -0.137. The minimum absolute atomic E-state index is 0.129. The number of carboxylic acid groups (broad SMARTS) is 1. The molecule has 2 aromatic rings. The summed E-state index contributed by atoms with van der Waals surface area (Å²) < 4.78 is 5.26. The van der Waals surface area contributed by atoms with Crippen molar-refractivity contribution in [1.29, 1.82) is 0 Å². The highest BCUT2D eigenvalue weighted by atomic mass is 16.5. The quantitative estimate of drug-likeness (QED) is 0.879. The van der Waals surface area contributed by atoms with Crippen LogP contribution in [0.5, 0.6) is 0 Å². The predicted molar refractivity (Wildman–Crippen MR) is 86.4 cm³/mol. The van der Waals surface area contributed by atoms with Gasteiger partial charge >= 0.3 is 5.97 Å². The molecule has 5 rings (SSSR count). The van der Waals surface area contributed by atoms with Crippen molar-refractivity contribution >= 4 is 5.97 Å². The molecule has 0 amide bonds. The highest BCUT2D eigenvalue weighted by molar-refractivity contribution is 5.66. The number of rotatable bonds is 6. The van der Waals surface area contributed by atoms with Crippen LogP contribution in [0.15, 0.2) is 28.8 Å². The first-order chi connectivity index (χ1) is 11.7. The summed E-state index contributed by atoms with van der Waals surface area (Å²) in [5, 5.41) is 12.8. The molecule has 1 aliphatic carbocycles. The number of hydrogen-bond acceptors (Lipinski definition) is 5. The number of piperidine rings is 1. The normalized spacial score (nSPS) is 22.5. The Morgan fingerprint density at radius 3 is 2.96 bits per heavy atom. The van der Waals surface area contributed by atoms with Crippen molar-refractivity contribution in [3.63, 3.8) is 0 Å². The Labute approximate surface area is 140 Å². The van der Waals surface area contributed by atoms with E-state index < -0.39 is 5.97 Å². The molecule has 0 spiro atoms. The Balaban J connectivity index is 1.42. The van der Waals surface area contributed by atoms with Crippen LogP contribution in [0.25, 0.3) is 0 Å². The predicted octanol–water partition coefficient (Wildman–Crippen LogP) is 2.91. The van der Waals surface area contributed by atoms with E-state index in [1.54, 1.807) is 0 Å². The van der Waals surface area contributed by atoms with E-state index >= 15 is 0 Å². The van der Waals surface area contributed by atoms with Gasteiger partial charge in [0.15, 0.2) is 5.82 Å². The lowest BCUT2D eigenvalue weighted by Gasteiger charge is -2.46. The molecule has 1 fully saturated rings. The number of carbonyl (C=O) groups is 1. The van der Waals surface area contributed by atoms with Crippen molar-refractivity contribution in [2.24, 2.45) is 0 Å². The van der Waals surface area contributed by atoms with E-state index in [1.807, 2.05) is 0 Å². The van der Waals surface area contributed by atoms with Crippen LogP contribution in [-0.2, 0) is 17.8 Å². The third-order valence-corrected chi connectivity index (χ3v) is 5.12. The molecule has 1 aromatic carbocycles. The molecule has 3 aliphatic rings. The summed E-state index contributed by atoms with van der Waals surface area (Å²) in [4.78, 5) is 17.4. The van der Waals surface area contributed by atoms with Gasteiger partial charge in [-0.25, -0.2) is 0 Å². The molecule has 2 aliphatic heterocycles. The zero-order chi connectivity index (χ0) is 16.5. The average Bonchev–Trinajstić information content (AvgIpc) is 3.03. The minimum atomic E-state index is -0.794. The van der Waals surface area contributed by atoms with Gasteiger partial charge in [0, 0.05) is 25.4 Å². The first kappa shape index (κ1) is 15.3. The van der Waals surface area contributed by atoms with E-state index in [9.17, 15) is 4.79 Å². The summed E-state index contributed by atoms with van der Waals surface area (Å²) in [5.74, 6) is 1.05. The second kappa shape index (κ2) is 6.36. The van der Waals surface area contributed by atoms with Gasteiger partial charge in [-0.2, -0.15) is 4.98 Å². The number of benzene rings is 1. The largest absolute Gasteiger partial charge is 0.481 e. The molecule has 126 valence electrons. The number of aromatic nitrogens is 2. The number of fused-ring (bicyclic) bond motifs is 2. The molecule has 6 heteroatoms. The molecule has 6 nitrogen and oxygen atoms in total. The van der Waals surface area contributed by atoms with Gasteiger partial charge in [0.25, 0.3) is 0 Å². The molecule has 0 saturated carbocycles. The second-order valence-corrected chi connectivity index (χ2v) is 6.70. The second-order valence-electron chi connectivity index (χ2n) is 6.70. The van der Waals surface area contributed by atoms with Gasteiger partial charge < -0.3 is 9.63 Å². The third-order valence-electron chi connectivity index (χ3n) is 5.12. The monoisotopic (exact) mass is 327 g/mol. The number of hydrogen-bond donors (Lipinski definition) is 1. The van der Waals surface area contributed by atoms with Gasteiger partial charge in [-0.15, -0.1) is 0 Å². The molecule has 1 N–H and O–H groups in total. The van der Waals surface area contributed by atoms with E-state index in [0.29, 0.717) is 43.1 Å². The lowest BCUT2D eigenvalue weighted by atomic mass is 9.75. The fraction of sp³-hybridized carbons (Fsp3) is 0.500. The van der Waals surface area contributed by atoms with Crippen molar-refractivity contribution in [3.05, 3.63) is 47.1 Å². The average molecular weight is 327 g/mol. The molecular formula is C18H21N3O3. The topological polar surface area (TPSA) is 79.5 Å². The van der Waals surface area contributed by atoms with Gasteiger partial charge in [0.05, 0.1) is 6.54 Å². The fourth-order valence-corrected chi connectivity index (χ4v) is 4.04. The van der Waals surface area contributed by atoms with Gasteiger partial charge in [0.2, 0.25) is 5.89 Å². The lowest BCUT2D eigenvalue weighted by Crippen LogP contribution is -2.42. The summed E-state index contributed by atoms with van der Waals surface area (Å²) in [6, 6.07) is 9.20. The summed E-state index contributed by atoms with van der Waals surface area (Å²) in [7, 11) is 0. The molecule has 24 heavy (non-hydrogen) atoms. The van der Waals surface area contributed by atoms with Crippen LogP contribution in [0.4, 0.5) is 0 Å². The standard InChI is InChI=1S/C18H21N3O3/c22-18(23)7-3-6-17-19-16(20-24-17)11-21-10-12-8-9-15(21)14-5-2-1-4-13(12)14/h1-2,4-5,12,15H,3,6-11H2,(H,22,23)/t12-,15-/m0/s1. The van der Waals surface area contributed by atoms with Crippen LogP contribution in [0.1, 0.15) is 60.5 Å². The Hall–Kier alpha value is -2.21. The van der Waals surface area contributed by atoms with E-state index in [2.05, 4.69) is 39.3 Å². The molecule has 1 saturated heterocycles. The summed E-state index contributed by atoms with van der Waals surface area (Å²) >= 11 is 0. The first-order valence-electron chi connectivity index (χ1n) is 8.57. The molecule has 3 heterocycles. The summed E-state index contributed by atoms with van der Waals surface area (Å²) in [5.41, 5.74) is 2.96. The Kier molecular flexibility index (Phi) is 4.06. The molecule has 2 bridgehead atoms. The number of nitrogens with zero attached hydrogens (tertiary/aromatic N) is 3. The van der Waals surface area contributed by atoms with E-state index in [-0.39, 0.29) is 6.42 Å². The minimum Gasteiger partial charge on any atom is -0.481 e. The van der Waals surface area contributed by atoms with Crippen molar-refractivity contribution in [2.75, 3.05) is 6.54 Å². The Morgan fingerprint density at radius 2 is 2.12 bits per heavy atom. The molecule has 0 radical (unpaired) electrons. The van der Waals surface area contributed by atoms with Crippen LogP contribution in [0.2, 0.25) is 0 Å². The highest BCUT2D eigenvalue weighted by Crippen LogP contribution is 2.46. The highest BCUT2D eigenvalue weighted by Gasteiger charge is 2.38. The summed E-state index contributed by atoms with van der Waals surface area (Å²) in [6.07, 6.45) is 3.62.